The molecular weight excluding hydrogens is 344 g/mol. The second kappa shape index (κ2) is 9.22. The highest BCUT2D eigenvalue weighted by atomic mass is 16.5. The van der Waals surface area contributed by atoms with Crippen molar-refractivity contribution < 1.29 is 19.1 Å². The molecule has 0 spiro atoms. The molecule has 3 aliphatic rings. The van der Waals surface area contributed by atoms with Crippen LogP contribution in [0.1, 0.15) is 43.5 Å². The second-order valence-electron chi connectivity index (χ2n) is 7.21. The highest BCUT2D eigenvalue weighted by Gasteiger charge is 2.41. The van der Waals surface area contributed by atoms with Gasteiger partial charge in [0.25, 0.3) is 5.91 Å². The molecule has 0 aliphatic carbocycles. The van der Waals surface area contributed by atoms with Crippen molar-refractivity contribution in [3.8, 4) is 5.75 Å². The summed E-state index contributed by atoms with van der Waals surface area (Å²) < 4.78 is 11.1. The molecule has 3 saturated heterocycles. The van der Waals surface area contributed by atoms with Gasteiger partial charge in [-0.1, -0.05) is 19.1 Å². The van der Waals surface area contributed by atoms with E-state index in [9.17, 15) is 9.59 Å². The number of para-hydroxylation sites is 1. The fourth-order valence-corrected chi connectivity index (χ4v) is 4.04. The smallest absolute Gasteiger partial charge is 0.257 e. The zero-order chi connectivity index (χ0) is 19.2. The fourth-order valence-electron chi connectivity index (χ4n) is 4.04. The normalized spacial score (nSPS) is 22.1. The van der Waals surface area contributed by atoms with Gasteiger partial charge < -0.3 is 19.3 Å². The Labute approximate surface area is 161 Å². The van der Waals surface area contributed by atoms with Crippen LogP contribution in [-0.2, 0) is 9.53 Å². The molecule has 1 aromatic carbocycles. The third-order valence-electron chi connectivity index (χ3n) is 5.35. The molecule has 3 fully saturated rings. The lowest BCUT2D eigenvalue weighted by Gasteiger charge is -2.35. The van der Waals surface area contributed by atoms with Crippen molar-refractivity contribution in [1.29, 1.82) is 0 Å². The van der Waals surface area contributed by atoms with E-state index in [1.165, 1.54) is 0 Å². The number of ether oxygens (including phenoxy) is 2. The van der Waals surface area contributed by atoms with Crippen LogP contribution in [0.25, 0.3) is 0 Å². The lowest BCUT2D eigenvalue weighted by molar-refractivity contribution is -0.139. The SMILES string of the molecule is CCCN1C(=O)[C@H]2CC[C@@H]1CN(C(=O)c1ccccc1OCCOCC)C2. The Balaban J connectivity index is 1.74. The van der Waals surface area contributed by atoms with Crippen LogP contribution < -0.4 is 4.74 Å². The first kappa shape index (κ1) is 19.7. The summed E-state index contributed by atoms with van der Waals surface area (Å²) in [5.41, 5.74) is 0.560. The Morgan fingerprint density at radius 2 is 1.96 bits per heavy atom. The molecule has 3 aliphatic heterocycles. The van der Waals surface area contributed by atoms with Crippen molar-refractivity contribution >= 4 is 11.8 Å². The Morgan fingerprint density at radius 3 is 2.74 bits per heavy atom. The summed E-state index contributed by atoms with van der Waals surface area (Å²) in [6.07, 6.45) is 2.80. The Kier molecular flexibility index (Phi) is 6.72. The van der Waals surface area contributed by atoms with E-state index in [0.29, 0.717) is 44.2 Å². The molecule has 0 aromatic heterocycles. The number of benzene rings is 1. The van der Waals surface area contributed by atoms with E-state index >= 15 is 0 Å². The molecule has 0 saturated carbocycles. The van der Waals surface area contributed by atoms with Gasteiger partial charge in [0.1, 0.15) is 12.4 Å². The highest BCUT2D eigenvalue weighted by Crippen LogP contribution is 2.31. The summed E-state index contributed by atoms with van der Waals surface area (Å²) in [5, 5.41) is 0. The van der Waals surface area contributed by atoms with Gasteiger partial charge in [0.2, 0.25) is 5.91 Å². The summed E-state index contributed by atoms with van der Waals surface area (Å²) in [6, 6.07) is 7.47. The maximum atomic E-state index is 13.2. The van der Waals surface area contributed by atoms with Crippen LogP contribution in [0.15, 0.2) is 24.3 Å². The molecule has 0 N–H and O–H groups in total. The van der Waals surface area contributed by atoms with E-state index in [1.54, 1.807) is 6.07 Å². The van der Waals surface area contributed by atoms with Crippen molar-refractivity contribution in [1.82, 2.24) is 9.80 Å². The van der Waals surface area contributed by atoms with Gasteiger partial charge in [-0.05, 0) is 38.3 Å². The lowest BCUT2D eigenvalue weighted by atomic mass is 9.94. The first-order valence-electron chi connectivity index (χ1n) is 10.0. The number of nitrogens with zero attached hydrogens (tertiary/aromatic N) is 2. The molecular formula is C21H30N2O4. The van der Waals surface area contributed by atoms with Crippen LogP contribution in [0.3, 0.4) is 0 Å². The highest BCUT2D eigenvalue weighted by molar-refractivity contribution is 5.97. The number of piperidine rings is 1. The van der Waals surface area contributed by atoms with Crippen molar-refractivity contribution in [2.24, 2.45) is 5.92 Å². The van der Waals surface area contributed by atoms with E-state index < -0.39 is 0 Å². The van der Waals surface area contributed by atoms with E-state index in [2.05, 4.69) is 6.92 Å². The van der Waals surface area contributed by atoms with Crippen LogP contribution in [0.2, 0.25) is 0 Å². The molecule has 1 aromatic rings. The number of fused-ring (bicyclic) bond motifs is 4. The first-order chi connectivity index (χ1) is 13.2. The number of rotatable bonds is 8. The minimum absolute atomic E-state index is 0.0509. The largest absolute Gasteiger partial charge is 0.490 e. The van der Waals surface area contributed by atoms with Gasteiger partial charge >= 0.3 is 0 Å². The van der Waals surface area contributed by atoms with Crippen LogP contribution in [0.4, 0.5) is 0 Å². The summed E-state index contributed by atoms with van der Waals surface area (Å²) >= 11 is 0. The van der Waals surface area contributed by atoms with Crippen molar-refractivity contribution in [2.75, 3.05) is 39.5 Å². The quantitative estimate of drug-likeness (QED) is 0.656. The van der Waals surface area contributed by atoms with Gasteiger partial charge in [0.05, 0.1) is 18.1 Å². The zero-order valence-electron chi connectivity index (χ0n) is 16.4. The molecule has 6 nitrogen and oxygen atoms in total. The molecule has 2 atom stereocenters. The molecule has 3 heterocycles. The number of amides is 2. The summed E-state index contributed by atoms with van der Waals surface area (Å²) in [7, 11) is 0. The molecule has 2 bridgehead atoms. The van der Waals surface area contributed by atoms with Crippen LogP contribution in [0.5, 0.6) is 5.75 Å². The molecule has 27 heavy (non-hydrogen) atoms. The standard InChI is InChI=1S/C21H30N2O4/c1-3-11-23-17-10-9-16(20(23)24)14-22(15-17)21(25)18-7-5-6-8-19(18)27-13-12-26-4-2/h5-8,16-17H,3-4,9-15H2,1-2H3/t16-,17+/m0/s1. The predicted molar refractivity (Wildman–Crippen MR) is 103 cm³/mol. The Hall–Kier alpha value is -2.08. The molecule has 4 rings (SSSR count). The Bertz CT molecular complexity index is 663. The third-order valence-corrected chi connectivity index (χ3v) is 5.35. The van der Waals surface area contributed by atoms with E-state index in [1.807, 2.05) is 34.9 Å². The maximum Gasteiger partial charge on any atom is 0.257 e. The van der Waals surface area contributed by atoms with E-state index in [0.717, 1.165) is 25.8 Å². The van der Waals surface area contributed by atoms with Crippen molar-refractivity contribution in [3.05, 3.63) is 29.8 Å². The number of carbonyl (C=O) groups is 2. The Morgan fingerprint density at radius 1 is 1.15 bits per heavy atom. The minimum Gasteiger partial charge on any atom is -0.490 e. The van der Waals surface area contributed by atoms with Crippen LogP contribution in [0, 0.1) is 5.92 Å². The average Bonchev–Trinajstić information content (AvgIpc) is 2.98. The van der Waals surface area contributed by atoms with Gasteiger partial charge in [-0.2, -0.15) is 0 Å². The van der Waals surface area contributed by atoms with E-state index in [-0.39, 0.29) is 23.8 Å². The lowest BCUT2D eigenvalue weighted by Crippen LogP contribution is -2.48. The van der Waals surface area contributed by atoms with Gasteiger partial charge in [-0.25, -0.2) is 0 Å². The number of hydrogen-bond donors (Lipinski definition) is 0. The monoisotopic (exact) mass is 374 g/mol. The van der Waals surface area contributed by atoms with Crippen LogP contribution >= 0.6 is 0 Å². The maximum absolute atomic E-state index is 13.2. The molecule has 0 unspecified atom stereocenters. The molecule has 148 valence electrons. The minimum atomic E-state index is -0.0784. The van der Waals surface area contributed by atoms with Gasteiger partial charge in [-0.15, -0.1) is 0 Å². The van der Waals surface area contributed by atoms with E-state index in [4.69, 9.17) is 9.47 Å². The number of hydrogen-bond acceptors (Lipinski definition) is 4. The first-order valence-corrected chi connectivity index (χ1v) is 10.0. The van der Waals surface area contributed by atoms with Gasteiger partial charge in [0.15, 0.2) is 0 Å². The molecule has 2 amide bonds. The summed E-state index contributed by atoms with van der Waals surface area (Å²) in [5.74, 6) is 0.663. The van der Waals surface area contributed by atoms with Crippen LogP contribution in [-0.4, -0.2) is 67.1 Å². The summed E-state index contributed by atoms with van der Waals surface area (Å²) in [4.78, 5) is 29.8. The molecule has 0 radical (unpaired) electrons. The topological polar surface area (TPSA) is 59.1 Å². The number of carbonyl (C=O) groups excluding carboxylic acids is 2. The second-order valence-corrected chi connectivity index (χ2v) is 7.21. The van der Waals surface area contributed by atoms with Gasteiger partial charge in [0, 0.05) is 32.3 Å². The predicted octanol–water partition coefficient (Wildman–Crippen LogP) is 2.57. The molecule has 6 heteroatoms. The summed E-state index contributed by atoms with van der Waals surface area (Å²) in [6.45, 7) is 7.45. The van der Waals surface area contributed by atoms with Gasteiger partial charge in [-0.3, -0.25) is 9.59 Å². The van der Waals surface area contributed by atoms with Crippen molar-refractivity contribution in [3.63, 3.8) is 0 Å². The van der Waals surface area contributed by atoms with Crippen molar-refractivity contribution in [2.45, 2.75) is 39.2 Å². The zero-order valence-corrected chi connectivity index (χ0v) is 16.4. The average molecular weight is 374 g/mol. The third kappa shape index (κ3) is 4.43. The fraction of sp³-hybridized carbons (Fsp3) is 0.619.